The van der Waals surface area contributed by atoms with E-state index in [0.717, 1.165) is 5.69 Å². The number of benzene rings is 2. The average molecular weight is 193 g/mol. The highest BCUT2D eigenvalue weighted by atomic mass is 14.8. The molecule has 1 heteroatoms. The summed E-state index contributed by atoms with van der Waals surface area (Å²) >= 11 is 0. The van der Waals surface area contributed by atoms with Crippen molar-refractivity contribution in [3.05, 3.63) is 54.6 Å². The zero-order valence-corrected chi connectivity index (χ0v) is 8.27. The SMILES string of the molecule is C#CNc1ccc(-c2ccccc2)cc1. The van der Waals surface area contributed by atoms with Crippen molar-refractivity contribution in [1.29, 1.82) is 0 Å². The van der Waals surface area contributed by atoms with Crippen LogP contribution in [0.15, 0.2) is 54.6 Å². The second-order valence-electron chi connectivity index (χ2n) is 3.21. The molecule has 1 N–H and O–H groups in total. The van der Waals surface area contributed by atoms with Crippen LogP contribution in [0.3, 0.4) is 0 Å². The van der Waals surface area contributed by atoms with Crippen LogP contribution in [0.2, 0.25) is 0 Å². The van der Waals surface area contributed by atoms with Crippen LogP contribution in [0.1, 0.15) is 0 Å². The molecule has 15 heavy (non-hydrogen) atoms. The zero-order chi connectivity index (χ0) is 10.5. The first-order valence-electron chi connectivity index (χ1n) is 4.77. The van der Waals surface area contributed by atoms with Crippen molar-refractivity contribution < 1.29 is 0 Å². The number of nitrogens with one attached hydrogen (secondary N) is 1. The molecule has 0 saturated heterocycles. The van der Waals surface area contributed by atoms with E-state index in [2.05, 4.69) is 35.6 Å². The lowest BCUT2D eigenvalue weighted by Crippen LogP contribution is -1.86. The minimum Gasteiger partial charge on any atom is -0.315 e. The molecular weight excluding hydrogens is 182 g/mol. The van der Waals surface area contributed by atoms with Gasteiger partial charge in [-0.15, -0.1) is 0 Å². The maximum Gasteiger partial charge on any atom is 0.0459 e. The van der Waals surface area contributed by atoms with Crippen molar-refractivity contribution in [2.75, 3.05) is 5.32 Å². The van der Waals surface area contributed by atoms with Gasteiger partial charge in [-0.2, -0.15) is 0 Å². The predicted octanol–water partition coefficient (Wildman–Crippen LogP) is 3.36. The van der Waals surface area contributed by atoms with Crippen LogP contribution in [0.5, 0.6) is 0 Å². The van der Waals surface area contributed by atoms with Gasteiger partial charge in [0.25, 0.3) is 0 Å². The molecule has 0 atom stereocenters. The van der Waals surface area contributed by atoms with Gasteiger partial charge in [0.1, 0.15) is 0 Å². The summed E-state index contributed by atoms with van der Waals surface area (Å²) in [4.78, 5) is 0. The highest BCUT2D eigenvalue weighted by molar-refractivity contribution is 5.66. The number of rotatable bonds is 2. The standard InChI is InChI=1S/C14H11N/c1-2-15-14-10-8-13(9-11-14)12-6-4-3-5-7-12/h1,3-11,15H. The van der Waals surface area contributed by atoms with Gasteiger partial charge in [0.15, 0.2) is 0 Å². The summed E-state index contributed by atoms with van der Waals surface area (Å²) in [5.41, 5.74) is 3.35. The molecule has 0 fully saturated rings. The third-order valence-electron chi connectivity index (χ3n) is 2.21. The van der Waals surface area contributed by atoms with E-state index in [1.54, 1.807) is 0 Å². The summed E-state index contributed by atoms with van der Waals surface area (Å²) in [5.74, 6) is 0. The van der Waals surface area contributed by atoms with Crippen molar-refractivity contribution in [3.8, 4) is 23.6 Å². The predicted molar refractivity (Wildman–Crippen MR) is 64.3 cm³/mol. The Labute approximate surface area is 89.8 Å². The van der Waals surface area contributed by atoms with E-state index in [-0.39, 0.29) is 0 Å². The highest BCUT2D eigenvalue weighted by Crippen LogP contribution is 2.20. The average Bonchev–Trinajstić information content (AvgIpc) is 2.32. The van der Waals surface area contributed by atoms with Crippen molar-refractivity contribution >= 4 is 5.69 Å². The molecule has 0 spiro atoms. The lowest BCUT2D eigenvalue weighted by atomic mass is 10.1. The topological polar surface area (TPSA) is 12.0 Å². The van der Waals surface area contributed by atoms with Crippen LogP contribution in [0.25, 0.3) is 11.1 Å². The molecular formula is C14H11N. The van der Waals surface area contributed by atoms with Crippen LogP contribution >= 0.6 is 0 Å². The van der Waals surface area contributed by atoms with Gasteiger partial charge in [-0.1, -0.05) is 48.9 Å². The Morgan fingerprint density at radius 3 is 2.00 bits per heavy atom. The van der Waals surface area contributed by atoms with E-state index in [1.165, 1.54) is 11.1 Å². The van der Waals surface area contributed by atoms with E-state index < -0.39 is 0 Å². The van der Waals surface area contributed by atoms with Gasteiger partial charge in [-0.25, -0.2) is 0 Å². The Hall–Kier alpha value is -2.20. The van der Waals surface area contributed by atoms with Gasteiger partial charge < -0.3 is 5.32 Å². The fourth-order valence-corrected chi connectivity index (χ4v) is 1.46. The van der Waals surface area contributed by atoms with Crippen LogP contribution in [0, 0.1) is 12.5 Å². The maximum atomic E-state index is 5.15. The first kappa shape index (κ1) is 9.36. The van der Waals surface area contributed by atoms with Gasteiger partial charge >= 0.3 is 0 Å². The van der Waals surface area contributed by atoms with Crippen LogP contribution in [-0.2, 0) is 0 Å². The molecule has 0 aliphatic heterocycles. The number of hydrogen-bond acceptors (Lipinski definition) is 1. The van der Waals surface area contributed by atoms with Gasteiger partial charge in [-0.3, -0.25) is 0 Å². The molecule has 0 heterocycles. The molecule has 0 bridgehead atoms. The summed E-state index contributed by atoms with van der Waals surface area (Å²) in [6, 6.07) is 20.7. The lowest BCUT2D eigenvalue weighted by molar-refractivity contribution is 1.59. The molecule has 2 aromatic rings. The van der Waals surface area contributed by atoms with Crippen molar-refractivity contribution in [3.63, 3.8) is 0 Å². The summed E-state index contributed by atoms with van der Waals surface area (Å²) < 4.78 is 0. The minimum atomic E-state index is 0.942. The first-order valence-corrected chi connectivity index (χ1v) is 4.77. The maximum absolute atomic E-state index is 5.15. The monoisotopic (exact) mass is 193 g/mol. The van der Waals surface area contributed by atoms with E-state index in [1.807, 2.05) is 30.3 Å². The Kier molecular flexibility index (Phi) is 2.71. The second kappa shape index (κ2) is 4.34. The van der Waals surface area contributed by atoms with Gasteiger partial charge in [0.2, 0.25) is 0 Å². The fourth-order valence-electron chi connectivity index (χ4n) is 1.46. The normalized spacial score (nSPS) is 9.27. The Morgan fingerprint density at radius 1 is 0.800 bits per heavy atom. The Balaban J connectivity index is 2.29. The van der Waals surface area contributed by atoms with E-state index >= 15 is 0 Å². The summed E-state index contributed by atoms with van der Waals surface area (Å²) in [6.07, 6.45) is 5.15. The van der Waals surface area contributed by atoms with Crippen molar-refractivity contribution in [2.24, 2.45) is 0 Å². The molecule has 1 nitrogen and oxygen atoms in total. The molecule has 0 amide bonds. The molecule has 0 unspecified atom stereocenters. The lowest BCUT2D eigenvalue weighted by Gasteiger charge is -2.02. The summed E-state index contributed by atoms with van der Waals surface area (Å²) in [7, 11) is 0. The zero-order valence-electron chi connectivity index (χ0n) is 8.27. The summed E-state index contributed by atoms with van der Waals surface area (Å²) in [6.45, 7) is 0. The molecule has 72 valence electrons. The van der Waals surface area contributed by atoms with Crippen LogP contribution < -0.4 is 5.32 Å². The number of anilines is 1. The van der Waals surface area contributed by atoms with E-state index in [4.69, 9.17) is 6.42 Å². The third kappa shape index (κ3) is 2.18. The van der Waals surface area contributed by atoms with Crippen molar-refractivity contribution in [2.45, 2.75) is 0 Å². The number of terminal acetylenes is 1. The molecule has 0 radical (unpaired) electrons. The highest BCUT2D eigenvalue weighted by Gasteiger charge is 1.95. The van der Waals surface area contributed by atoms with Crippen LogP contribution in [-0.4, -0.2) is 0 Å². The van der Waals surface area contributed by atoms with Gasteiger partial charge in [0.05, 0.1) is 0 Å². The molecule has 0 aliphatic rings. The van der Waals surface area contributed by atoms with Crippen molar-refractivity contribution in [1.82, 2.24) is 0 Å². The fraction of sp³-hybridized carbons (Fsp3) is 0. The largest absolute Gasteiger partial charge is 0.315 e. The second-order valence-corrected chi connectivity index (χ2v) is 3.21. The van der Waals surface area contributed by atoms with E-state index in [0.29, 0.717) is 0 Å². The third-order valence-corrected chi connectivity index (χ3v) is 2.21. The Bertz CT molecular complexity index is 463. The number of hydrogen-bond donors (Lipinski definition) is 1. The minimum absolute atomic E-state index is 0.942. The molecule has 2 aromatic carbocycles. The van der Waals surface area contributed by atoms with E-state index in [9.17, 15) is 0 Å². The molecule has 2 rings (SSSR count). The smallest absolute Gasteiger partial charge is 0.0459 e. The quantitative estimate of drug-likeness (QED) is 0.569. The first-order chi connectivity index (χ1) is 7.40. The van der Waals surface area contributed by atoms with Gasteiger partial charge in [0, 0.05) is 11.7 Å². The van der Waals surface area contributed by atoms with Crippen LogP contribution in [0.4, 0.5) is 5.69 Å². The van der Waals surface area contributed by atoms with Gasteiger partial charge in [-0.05, 0) is 23.3 Å². The Morgan fingerprint density at radius 2 is 1.40 bits per heavy atom. The molecule has 0 aliphatic carbocycles. The summed E-state index contributed by atoms with van der Waals surface area (Å²) in [5, 5.41) is 2.81. The molecule has 0 aromatic heterocycles. The molecule has 0 saturated carbocycles.